The first kappa shape index (κ1) is 30.3. The maximum atomic E-state index is 15.4. The number of anilines is 1. The quantitative estimate of drug-likeness (QED) is 0.221. The van der Waals surface area contributed by atoms with Gasteiger partial charge in [-0.25, -0.2) is 13.8 Å². The van der Waals surface area contributed by atoms with Gasteiger partial charge in [-0.2, -0.15) is 13.2 Å². The van der Waals surface area contributed by atoms with Gasteiger partial charge < -0.3 is 19.5 Å². The average Bonchev–Trinajstić information content (AvgIpc) is 3.46. The van der Waals surface area contributed by atoms with Gasteiger partial charge >= 0.3 is 12.1 Å². The fourth-order valence-electron chi connectivity index (χ4n) is 6.67. The van der Waals surface area contributed by atoms with Gasteiger partial charge in [0, 0.05) is 48.6 Å². The molecule has 0 spiro atoms. The van der Waals surface area contributed by atoms with E-state index in [9.17, 15) is 27.5 Å². The third kappa shape index (κ3) is 5.98. The van der Waals surface area contributed by atoms with Gasteiger partial charge in [0.2, 0.25) is 5.88 Å². The van der Waals surface area contributed by atoms with Crippen LogP contribution in [0.2, 0.25) is 0 Å². The van der Waals surface area contributed by atoms with Crippen LogP contribution in [0.3, 0.4) is 0 Å². The van der Waals surface area contributed by atoms with Gasteiger partial charge in [0.25, 0.3) is 0 Å². The van der Waals surface area contributed by atoms with Crippen LogP contribution in [0.1, 0.15) is 61.3 Å². The van der Waals surface area contributed by atoms with E-state index in [1.165, 1.54) is 18.2 Å². The van der Waals surface area contributed by atoms with Crippen LogP contribution in [0.25, 0.3) is 11.1 Å². The van der Waals surface area contributed by atoms with E-state index < -0.39 is 41.1 Å². The molecule has 234 valence electrons. The number of benzene rings is 2. The molecule has 0 amide bonds. The number of aliphatic hydroxyl groups is 1. The van der Waals surface area contributed by atoms with E-state index in [-0.39, 0.29) is 34.8 Å². The van der Waals surface area contributed by atoms with E-state index in [4.69, 9.17) is 9.47 Å². The highest BCUT2D eigenvalue weighted by atomic mass is 19.4. The normalized spacial score (nSPS) is 21.9. The summed E-state index contributed by atoms with van der Waals surface area (Å²) in [6.45, 7) is 4.38. The highest BCUT2D eigenvalue weighted by molar-refractivity contribution is 5.72. The van der Waals surface area contributed by atoms with Gasteiger partial charge in [-0.3, -0.25) is 4.79 Å². The van der Waals surface area contributed by atoms with Crippen molar-refractivity contribution in [3.8, 4) is 17.0 Å². The summed E-state index contributed by atoms with van der Waals surface area (Å²) < 4.78 is 83.1. The van der Waals surface area contributed by atoms with E-state index in [1.54, 1.807) is 26.1 Å². The Hall–Kier alpha value is -3.73. The minimum absolute atomic E-state index is 0.172. The molecule has 3 unspecified atom stereocenters. The molecule has 6 nitrogen and oxygen atoms in total. The molecule has 44 heavy (non-hydrogen) atoms. The zero-order valence-electron chi connectivity index (χ0n) is 24.4. The van der Waals surface area contributed by atoms with Gasteiger partial charge in [-0.05, 0) is 97.9 Å². The third-order valence-corrected chi connectivity index (χ3v) is 9.17. The summed E-state index contributed by atoms with van der Waals surface area (Å²) in [5.41, 5.74) is -0.523. The number of alkyl halides is 3. The number of ether oxygens (including phenoxy) is 2. The Bertz CT molecular complexity index is 1580. The second-order valence-corrected chi connectivity index (χ2v) is 12.2. The molecule has 1 aliphatic heterocycles. The lowest BCUT2D eigenvalue weighted by Gasteiger charge is -2.37. The highest BCUT2D eigenvalue weighted by Gasteiger charge is 2.56. The highest BCUT2D eigenvalue weighted by Crippen LogP contribution is 2.63. The third-order valence-electron chi connectivity index (χ3n) is 9.17. The average molecular weight is 617 g/mol. The Morgan fingerprint density at radius 3 is 2.52 bits per heavy atom. The SMILES string of the molecule is CCOC(=O)CC1C2Cc3cc(OCc4cc(-c5ccc(N6CCC(C)(O)CC6)cc5F)c(C(F)(F)F)cc4F)ncc3C12. The monoisotopic (exact) mass is 616 g/mol. The Morgan fingerprint density at radius 1 is 1.09 bits per heavy atom. The van der Waals surface area contributed by atoms with Crippen molar-refractivity contribution in [1.29, 1.82) is 0 Å². The molecule has 1 N–H and O–H groups in total. The Balaban J connectivity index is 1.20. The van der Waals surface area contributed by atoms with E-state index in [1.807, 2.05) is 4.90 Å². The number of carbonyl (C=O) groups excluding carboxylic acids is 1. The zero-order valence-corrected chi connectivity index (χ0v) is 24.4. The molecule has 6 rings (SSSR count). The first-order chi connectivity index (χ1) is 20.8. The van der Waals surface area contributed by atoms with Crippen molar-refractivity contribution in [1.82, 2.24) is 4.98 Å². The number of pyridine rings is 1. The molecule has 2 aromatic carbocycles. The Kier molecular flexibility index (Phi) is 7.80. The molecule has 3 atom stereocenters. The van der Waals surface area contributed by atoms with Crippen molar-refractivity contribution in [3.05, 3.63) is 76.5 Å². The van der Waals surface area contributed by atoms with Gasteiger partial charge in [0.1, 0.15) is 18.2 Å². The van der Waals surface area contributed by atoms with Crippen molar-refractivity contribution in [3.63, 3.8) is 0 Å². The topological polar surface area (TPSA) is 71.9 Å². The number of hydrogen-bond donors (Lipinski definition) is 1. The van der Waals surface area contributed by atoms with E-state index in [2.05, 4.69) is 4.98 Å². The minimum Gasteiger partial charge on any atom is -0.473 e. The second kappa shape index (κ2) is 11.3. The van der Waals surface area contributed by atoms with Crippen LogP contribution in [0.4, 0.5) is 27.6 Å². The van der Waals surface area contributed by atoms with Gasteiger partial charge in [-0.1, -0.05) is 0 Å². The molecule has 2 heterocycles. The largest absolute Gasteiger partial charge is 0.473 e. The predicted octanol–water partition coefficient (Wildman–Crippen LogP) is 6.81. The van der Waals surface area contributed by atoms with E-state index in [0.29, 0.717) is 56.6 Å². The summed E-state index contributed by atoms with van der Waals surface area (Å²) in [6, 6.07) is 7.08. The zero-order chi connectivity index (χ0) is 31.4. The van der Waals surface area contributed by atoms with Gasteiger partial charge in [0.15, 0.2) is 0 Å². The number of esters is 1. The van der Waals surface area contributed by atoms with Gasteiger partial charge in [-0.15, -0.1) is 0 Å². The van der Waals surface area contributed by atoms with Crippen molar-refractivity contribution in [2.45, 2.75) is 63.8 Å². The van der Waals surface area contributed by atoms with Crippen molar-refractivity contribution in [2.75, 3.05) is 24.6 Å². The molecule has 0 radical (unpaired) electrons. The molecule has 11 heteroatoms. The molecule has 1 saturated heterocycles. The minimum atomic E-state index is -4.92. The van der Waals surface area contributed by atoms with Gasteiger partial charge in [0.05, 0.1) is 17.8 Å². The molecular weight excluding hydrogens is 583 g/mol. The smallest absolute Gasteiger partial charge is 0.417 e. The van der Waals surface area contributed by atoms with Crippen molar-refractivity contribution < 1.29 is 41.3 Å². The number of fused-ring (bicyclic) bond motifs is 3. The molecule has 3 aromatic rings. The summed E-state index contributed by atoms with van der Waals surface area (Å²) in [6.07, 6.45) is -1.19. The molecular formula is C33H33F5N2O4. The van der Waals surface area contributed by atoms with Crippen LogP contribution in [-0.4, -0.2) is 41.4 Å². The summed E-state index contributed by atoms with van der Waals surface area (Å²) in [5.74, 6) is -1.23. The maximum Gasteiger partial charge on any atom is 0.417 e. The van der Waals surface area contributed by atoms with Crippen LogP contribution in [0.15, 0.2) is 42.6 Å². The Morgan fingerprint density at radius 2 is 1.84 bits per heavy atom. The lowest BCUT2D eigenvalue weighted by Crippen LogP contribution is -2.42. The fraction of sp³-hybridized carbons (Fsp3) is 0.455. The van der Waals surface area contributed by atoms with Crippen LogP contribution >= 0.6 is 0 Å². The molecule has 1 saturated carbocycles. The molecule has 3 aliphatic rings. The number of halogens is 5. The first-order valence-corrected chi connectivity index (χ1v) is 14.8. The lowest BCUT2D eigenvalue weighted by molar-refractivity contribution is -0.143. The summed E-state index contributed by atoms with van der Waals surface area (Å²) in [7, 11) is 0. The number of aromatic nitrogens is 1. The maximum absolute atomic E-state index is 15.4. The Labute approximate surface area is 251 Å². The van der Waals surface area contributed by atoms with Crippen molar-refractivity contribution >= 4 is 11.7 Å². The molecule has 2 fully saturated rings. The number of rotatable bonds is 8. The fourth-order valence-corrected chi connectivity index (χ4v) is 6.67. The summed E-state index contributed by atoms with van der Waals surface area (Å²) in [5, 5.41) is 10.2. The lowest BCUT2D eigenvalue weighted by atomic mass is 9.93. The number of piperidine rings is 1. The van der Waals surface area contributed by atoms with Crippen LogP contribution in [-0.2, 0) is 28.7 Å². The molecule has 1 aromatic heterocycles. The predicted molar refractivity (Wildman–Crippen MR) is 152 cm³/mol. The standard InChI is InChI=1S/C33H33F5N2O4/c1-3-43-30(41)14-24-23-10-18-12-29(39-16-25(18)31(23)24)44-17-19-11-22(26(15-27(19)34)33(36,37)38)21-5-4-20(13-28(21)35)40-8-6-32(2,42)7-9-40/h4-5,11-13,15-16,23-24,31,42H,3,6-10,14,17H2,1-2H3. The second-order valence-electron chi connectivity index (χ2n) is 12.2. The number of nitrogens with zero attached hydrogens (tertiary/aromatic N) is 2. The van der Waals surface area contributed by atoms with Crippen LogP contribution < -0.4 is 9.64 Å². The summed E-state index contributed by atoms with van der Waals surface area (Å²) >= 11 is 0. The molecule has 0 bridgehead atoms. The molecule has 2 aliphatic carbocycles. The number of carbonyl (C=O) groups is 1. The van der Waals surface area contributed by atoms with E-state index >= 15 is 4.39 Å². The van der Waals surface area contributed by atoms with Crippen molar-refractivity contribution in [2.24, 2.45) is 11.8 Å². The summed E-state index contributed by atoms with van der Waals surface area (Å²) in [4.78, 5) is 18.0. The van der Waals surface area contributed by atoms with E-state index in [0.717, 1.165) is 23.6 Å². The van der Waals surface area contributed by atoms with Crippen LogP contribution in [0.5, 0.6) is 5.88 Å². The number of hydrogen-bond acceptors (Lipinski definition) is 6. The first-order valence-electron chi connectivity index (χ1n) is 14.8. The van der Waals surface area contributed by atoms with Crippen LogP contribution in [0, 0.1) is 23.5 Å².